The summed E-state index contributed by atoms with van der Waals surface area (Å²) in [4.78, 5) is 12.6. The van der Waals surface area contributed by atoms with Crippen LogP contribution in [-0.4, -0.2) is 29.8 Å². The molecule has 0 heterocycles. The molecular formula is C22H22FN3O5S2. The lowest BCUT2D eigenvalue weighted by Crippen LogP contribution is -2.25. The Morgan fingerprint density at radius 2 is 1.45 bits per heavy atom. The largest absolute Gasteiger partial charge is 0.348 e. The molecule has 33 heavy (non-hydrogen) atoms. The second-order valence-electron chi connectivity index (χ2n) is 7.07. The van der Waals surface area contributed by atoms with Crippen LogP contribution < -0.4 is 14.8 Å². The van der Waals surface area contributed by atoms with E-state index in [1.54, 1.807) is 36.4 Å². The van der Waals surface area contributed by atoms with Crippen molar-refractivity contribution in [3.8, 4) is 0 Å². The number of hydrogen-bond donors (Lipinski definition) is 3. The summed E-state index contributed by atoms with van der Waals surface area (Å²) in [5, 5.41) is 2.71. The summed E-state index contributed by atoms with van der Waals surface area (Å²) in [6, 6.07) is 17.1. The average molecular weight is 492 g/mol. The molecule has 0 fully saturated rings. The van der Waals surface area contributed by atoms with Gasteiger partial charge < -0.3 is 5.32 Å². The smallest absolute Gasteiger partial charge is 0.261 e. The number of amides is 1. The molecule has 0 bridgehead atoms. The van der Waals surface area contributed by atoms with E-state index in [-0.39, 0.29) is 28.4 Å². The van der Waals surface area contributed by atoms with E-state index in [1.165, 1.54) is 19.2 Å². The molecule has 3 aromatic carbocycles. The van der Waals surface area contributed by atoms with Crippen LogP contribution >= 0.6 is 0 Å². The van der Waals surface area contributed by atoms with E-state index in [1.807, 2.05) is 0 Å². The highest BCUT2D eigenvalue weighted by molar-refractivity contribution is 7.92. The number of para-hydroxylation sites is 1. The summed E-state index contributed by atoms with van der Waals surface area (Å²) in [5.74, 6) is -1.22. The van der Waals surface area contributed by atoms with Gasteiger partial charge in [-0.3, -0.25) is 9.52 Å². The first-order valence-corrected chi connectivity index (χ1v) is 12.9. The molecule has 0 unspecified atom stereocenters. The molecule has 1 amide bonds. The van der Waals surface area contributed by atoms with E-state index in [0.29, 0.717) is 5.56 Å². The van der Waals surface area contributed by atoms with Gasteiger partial charge >= 0.3 is 0 Å². The molecule has 3 N–H and O–H groups in total. The highest BCUT2D eigenvalue weighted by atomic mass is 32.2. The molecule has 0 atom stereocenters. The van der Waals surface area contributed by atoms with E-state index in [4.69, 9.17) is 0 Å². The van der Waals surface area contributed by atoms with Crippen molar-refractivity contribution in [2.24, 2.45) is 0 Å². The molecular weight excluding hydrogens is 469 g/mol. The fraction of sp³-hybridized carbons (Fsp3) is 0.136. The molecule has 0 saturated heterocycles. The average Bonchev–Trinajstić information content (AvgIpc) is 2.78. The Labute approximate surface area is 192 Å². The molecule has 0 saturated carbocycles. The van der Waals surface area contributed by atoms with Crippen LogP contribution in [0, 0.1) is 5.82 Å². The highest BCUT2D eigenvalue weighted by Gasteiger charge is 2.18. The minimum Gasteiger partial charge on any atom is -0.348 e. The van der Waals surface area contributed by atoms with Gasteiger partial charge in [-0.2, -0.15) is 0 Å². The maximum atomic E-state index is 13.1. The van der Waals surface area contributed by atoms with E-state index in [9.17, 15) is 26.0 Å². The predicted molar refractivity (Wildman–Crippen MR) is 123 cm³/mol. The van der Waals surface area contributed by atoms with Gasteiger partial charge in [-0.05, 0) is 54.6 Å². The van der Waals surface area contributed by atoms with E-state index >= 15 is 0 Å². The molecule has 0 aliphatic heterocycles. The van der Waals surface area contributed by atoms with Crippen molar-refractivity contribution in [1.29, 1.82) is 0 Å². The SMILES string of the molecule is CNS(=O)(=O)Cc1ccc(CNC(=O)c2ccccc2NS(=O)(=O)c2ccc(F)cc2)cc1. The summed E-state index contributed by atoms with van der Waals surface area (Å²) in [5.41, 5.74) is 1.52. The van der Waals surface area contributed by atoms with Crippen molar-refractivity contribution in [1.82, 2.24) is 10.0 Å². The Morgan fingerprint density at radius 1 is 0.848 bits per heavy atom. The van der Waals surface area contributed by atoms with Crippen molar-refractivity contribution in [3.05, 3.63) is 95.3 Å². The molecule has 3 aromatic rings. The summed E-state index contributed by atoms with van der Waals surface area (Å²) in [6.45, 7) is 0.150. The fourth-order valence-electron chi connectivity index (χ4n) is 2.91. The number of rotatable bonds is 9. The molecule has 0 radical (unpaired) electrons. The molecule has 174 valence electrons. The zero-order valence-electron chi connectivity index (χ0n) is 17.6. The predicted octanol–water partition coefficient (Wildman–Crippen LogP) is 2.61. The van der Waals surface area contributed by atoms with Crippen LogP contribution in [0.1, 0.15) is 21.5 Å². The number of carbonyl (C=O) groups excluding carboxylic acids is 1. The number of hydrogen-bond acceptors (Lipinski definition) is 5. The van der Waals surface area contributed by atoms with Gasteiger partial charge in [-0.1, -0.05) is 36.4 Å². The number of anilines is 1. The van der Waals surface area contributed by atoms with Gasteiger partial charge in [0.15, 0.2) is 0 Å². The lowest BCUT2D eigenvalue weighted by molar-refractivity contribution is 0.0952. The molecule has 0 aromatic heterocycles. The molecule has 0 aliphatic rings. The summed E-state index contributed by atoms with van der Waals surface area (Å²) in [6.07, 6.45) is 0. The van der Waals surface area contributed by atoms with Crippen LogP contribution in [0.2, 0.25) is 0 Å². The molecule has 11 heteroatoms. The topological polar surface area (TPSA) is 121 Å². The van der Waals surface area contributed by atoms with Gasteiger partial charge in [-0.15, -0.1) is 0 Å². The Bertz CT molecular complexity index is 1340. The maximum Gasteiger partial charge on any atom is 0.261 e. The minimum atomic E-state index is -4.03. The van der Waals surface area contributed by atoms with Gasteiger partial charge in [0.2, 0.25) is 10.0 Å². The van der Waals surface area contributed by atoms with E-state index in [2.05, 4.69) is 14.8 Å². The van der Waals surface area contributed by atoms with Crippen molar-refractivity contribution in [3.63, 3.8) is 0 Å². The Balaban J connectivity index is 1.69. The molecule has 0 aliphatic carbocycles. The quantitative estimate of drug-likeness (QED) is 0.425. The van der Waals surface area contributed by atoms with Crippen LogP contribution in [0.3, 0.4) is 0 Å². The first-order chi connectivity index (χ1) is 15.6. The number of sulfonamides is 2. The monoisotopic (exact) mass is 491 g/mol. The normalized spacial score (nSPS) is 11.7. The first-order valence-electron chi connectivity index (χ1n) is 9.74. The molecule has 3 rings (SSSR count). The summed E-state index contributed by atoms with van der Waals surface area (Å²) >= 11 is 0. The standard InChI is InChI=1S/C22H22FN3O5S2/c1-24-32(28,29)15-17-8-6-16(7-9-17)14-25-22(27)20-4-2-3-5-21(20)26-33(30,31)19-12-10-18(23)11-13-19/h2-13,24,26H,14-15H2,1H3,(H,25,27). The Morgan fingerprint density at radius 3 is 2.09 bits per heavy atom. The fourth-order valence-corrected chi connectivity index (χ4v) is 4.77. The third-order valence-corrected chi connectivity index (χ3v) is 7.40. The van der Waals surface area contributed by atoms with Gasteiger partial charge in [0, 0.05) is 6.54 Å². The van der Waals surface area contributed by atoms with Gasteiger partial charge in [-0.25, -0.2) is 25.9 Å². The third kappa shape index (κ3) is 6.60. The number of carbonyl (C=O) groups is 1. The second-order valence-corrected chi connectivity index (χ2v) is 10.7. The van der Waals surface area contributed by atoms with Gasteiger partial charge in [0.05, 0.1) is 21.9 Å². The first kappa shape index (κ1) is 24.4. The van der Waals surface area contributed by atoms with E-state index in [0.717, 1.165) is 29.8 Å². The Hall–Kier alpha value is -3.28. The second kappa shape index (κ2) is 10.1. The molecule has 8 nitrogen and oxygen atoms in total. The van der Waals surface area contributed by atoms with Crippen LogP contribution in [0.15, 0.2) is 77.7 Å². The van der Waals surface area contributed by atoms with E-state index < -0.39 is 31.8 Å². The van der Waals surface area contributed by atoms with Crippen LogP contribution in [0.25, 0.3) is 0 Å². The van der Waals surface area contributed by atoms with Gasteiger partial charge in [0.25, 0.3) is 15.9 Å². The minimum absolute atomic E-state index is 0.0759. The van der Waals surface area contributed by atoms with Crippen LogP contribution in [0.4, 0.5) is 10.1 Å². The lowest BCUT2D eigenvalue weighted by atomic mass is 10.1. The number of benzene rings is 3. The van der Waals surface area contributed by atoms with Crippen molar-refractivity contribution < 1.29 is 26.0 Å². The zero-order valence-corrected chi connectivity index (χ0v) is 19.2. The van der Waals surface area contributed by atoms with Crippen LogP contribution in [0.5, 0.6) is 0 Å². The van der Waals surface area contributed by atoms with Crippen LogP contribution in [-0.2, 0) is 32.3 Å². The van der Waals surface area contributed by atoms with Crippen molar-refractivity contribution >= 4 is 31.6 Å². The maximum absolute atomic E-state index is 13.1. The van der Waals surface area contributed by atoms with Crippen molar-refractivity contribution in [2.75, 3.05) is 11.8 Å². The molecule has 0 spiro atoms. The Kier molecular flexibility index (Phi) is 7.46. The number of nitrogens with one attached hydrogen (secondary N) is 3. The zero-order chi connectivity index (χ0) is 24.1. The van der Waals surface area contributed by atoms with Crippen molar-refractivity contribution in [2.45, 2.75) is 17.2 Å². The van der Waals surface area contributed by atoms with Gasteiger partial charge in [0.1, 0.15) is 5.82 Å². The highest BCUT2D eigenvalue weighted by Crippen LogP contribution is 2.20. The lowest BCUT2D eigenvalue weighted by Gasteiger charge is -2.13. The summed E-state index contributed by atoms with van der Waals surface area (Å²) in [7, 11) is -6.07. The summed E-state index contributed by atoms with van der Waals surface area (Å²) < 4.78 is 66.2. The number of halogens is 1. The third-order valence-electron chi connectivity index (χ3n) is 4.68.